The number of benzene rings is 2. The fourth-order valence-corrected chi connectivity index (χ4v) is 3.12. The minimum Gasteiger partial charge on any atom is -0.493 e. The Balaban J connectivity index is 1.77. The third kappa shape index (κ3) is 3.97. The summed E-state index contributed by atoms with van der Waals surface area (Å²) in [5, 5.41) is 0. The molecule has 2 aromatic rings. The molecule has 0 bridgehead atoms. The molecule has 6 heteroatoms. The van der Waals surface area contributed by atoms with Crippen molar-refractivity contribution >= 4 is 5.97 Å². The van der Waals surface area contributed by atoms with Gasteiger partial charge in [-0.2, -0.15) is 0 Å². The summed E-state index contributed by atoms with van der Waals surface area (Å²) in [4.78, 5) is 11.8. The van der Waals surface area contributed by atoms with Gasteiger partial charge in [-0.05, 0) is 42.3 Å². The lowest BCUT2D eigenvalue weighted by Crippen LogP contribution is -2.06. The van der Waals surface area contributed by atoms with Crippen LogP contribution in [0.5, 0.6) is 17.2 Å². The van der Waals surface area contributed by atoms with Crippen molar-refractivity contribution in [2.24, 2.45) is 0 Å². The fraction of sp³-hybridized carbons (Fsp3) is 0.318. The van der Waals surface area contributed by atoms with E-state index in [1.807, 2.05) is 36.4 Å². The van der Waals surface area contributed by atoms with Crippen LogP contribution in [0, 0.1) is 0 Å². The summed E-state index contributed by atoms with van der Waals surface area (Å²) in [6.07, 6.45) is 3.53. The molecule has 28 heavy (non-hydrogen) atoms. The summed E-state index contributed by atoms with van der Waals surface area (Å²) in [5.41, 5.74) is 2.38. The third-order valence-corrected chi connectivity index (χ3v) is 4.52. The van der Waals surface area contributed by atoms with Gasteiger partial charge in [0.1, 0.15) is 12.2 Å². The lowest BCUT2D eigenvalue weighted by atomic mass is 10.1. The highest BCUT2D eigenvalue weighted by molar-refractivity contribution is 5.89. The zero-order valence-corrected chi connectivity index (χ0v) is 16.4. The number of ether oxygens (including phenoxy) is 5. The number of hydrogen-bond donors (Lipinski definition) is 0. The second kappa shape index (κ2) is 8.80. The average molecular weight is 384 g/mol. The van der Waals surface area contributed by atoms with Crippen molar-refractivity contribution in [1.29, 1.82) is 0 Å². The van der Waals surface area contributed by atoms with Gasteiger partial charge in [0.15, 0.2) is 11.5 Å². The summed E-state index contributed by atoms with van der Waals surface area (Å²) < 4.78 is 27.4. The van der Waals surface area contributed by atoms with Crippen molar-refractivity contribution in [3.05, 3.63) is 65.2 Å². The molecule has 0 aliphatic carbocycles. The summed E-state index contributed by atoms with van der Waals surface area (Å²) in [6.45, 7) is 2.14. The number of carbonyl (C=O) groups is 1. The molecule has 0 amide bonds. The third-order valence-electron chi connectivity index (χ3n) is 4.52. The first-order valence-electron chi connectivity index (χ1n) is 9.02. The quantitative estimate of drug-likeness (QED) is 0.525. The second-order valence-corrected chi connectivity index (χ2v) is 6.16. The van der Waals surface area contributed by atoms with Gasteiger partial charge in [0.2, 0.25) is 5.75 Å². The number of esters is 1. The van der Waals surface area contributed by atoms with Crippen LogP contribution in [0.4, 0.5) is 0 Å². The van der Waals surface area contributed by atoms with Gasteiger partial charge in [-0.15, -0.1) is 0 Å². The molecule has 2 aromatic carbocycles. The van der Waals surface area contributed by atoms with Crippen LogP contribution in [-0.4, -0.2) is 33.9 Å². The molecule has 1 heterocycles. The number of carbonyl (C=O) groups excluding carboxylic acids is 1. The average Bonchev–Trinajstić information content (AvgIpc) is 3.23. The van der Waals surface area contributed by atoms with Gasteiger partial charge in [-0.1, -0.05) is 24.3 Å². The van der Waals surface area contributed by atoms with Crippen LogP contribution in [-0.2, 0) is 9.47 Å². The predicted octanol–water partition coefficient (Wildman–Crippen LogP) is 4.26. The van der Waals surface area contributed by atoms with E-state index in [0.717, 1.165) is 11.1 Å². The van der Waals surface area contributed by atoms with Crippen LogP contribution in [0.1, 0.15) is 40.6 Å². The van der Waals surface area contributed by atoms with Crippen LogP contribution in [0.25, 0.3) is 0 Å². The van der Waals surface area contributed by atoms with Gasteiger partial charge in [-0.3, -0.25) is 0 Å². The largest absolute Gasteiger partial charge is 0.493 e. The van der Waals surface area contributed by atoms with E-state index < -0.39 is 0 Å². The fourth-order valence-electron chi connectivity index (χ4n) is 3.12. The van der Waals surface area contributed by atoms with Gasteiger partial charge in [0.25, 0.3) is 0 Å². The maximum Gasteiger partial charge on any atom is 0.338 e. The molecule has 1 aliphatic rings. The lowest BCUT2D eigenvalue weighted by molar-refractivity contribution is 0.0524. The molecule has 0 aromatic heterocycles. The SMILES string of the molecule is CCOC(=O)c1ccc([C@@H]2C=C[C@@H](c3cc(OC)c(OC)c(OC)c3)O2)cc1. The first-order chi connectivity index (χ1) is 13.6. The molecule has 0 radical (unpaired) electrons. The normalized spacial score (nSPS) is 18.0. The molecule has 3 rings (SSSR count). The molecular weight excluding hydrogens is 360 g/mol. The molecule has 6 nitrogen and oxygen atoms in total. The zero-order chi connectivity index (χ0) is 20.1. The van der Waals surface area contributed by atoms with Crippen LogP contribution < -0.4 is 14.2 Å². The number of methoxy groups -OCH3 is 3. The van der Waals surface area contributed by atoms with Gasteiger partial charge in [0, 0.05) is 0 Å². The van der Waals surface area contributed by atoms with Gasteiger partial charge < -0.3 is 23.7 Å². The van der Waals surface area contributed by atoms with E-state index in [1.54, 1.807) is 40.4 Å². The van der Waals surface area contributed by atoms with E-state index in [1.165, 1.54) is 0 Å². The standard InChI is InChI=1S/C22H24O6/c1-5-27-22(23)15-8-6-14(7-9-15)17-10-11-18(28-17)16-12-19(24-2)21(26-4)20(13-16)25-3/h6-13,17-18H,5H2,1-4H3/t17-,18-/m0/s1. The van der Waals surface area contributed by atoms with Gasteiger partial charge in [-0.25, -0.2) is 4.79 Å². The Morgan fingerprint density at radius 2 is 1.46 bits per heavy atom. The monoisotopic (exact) mass is 384 g/mol. The minimum atomic E-state index is -0.327. The highest BCUT2D eigenvalue weighted by Crippen LogP contribution is 2.43. The molecule has 0 spiro atoms. The Bertz CT molecular complexity index is 831. The lowest BCUT2D eigenvalue weighted by Gasteiger charge is -2.18. The van der Waals surface area contributed by atoms with Crippen LogP contribution in [0.15, 0.2) is 48.6 Å². The topological polar surface area (TPSA) is 63.2 Å². The Morgan fingerprint density at radius 3 is 1.96 bits per heavy atom. The maximum atomic E-state index is 11.8. The summed E-state index contributed by atoms with van der Waals surface area (Å²) in [7, 11) is 4.74. The first-order valence-corrected chi connectivity index (χ1v) is 9.02. The van der Waals surface area contributed by atoms with E-state index in [-0.39, 0.29) is 18.2 Å². The highest BCUT2D eigenvalue weighted by atomic mass is 16.5. The van der Waals surface area contributed by atoms with E-state index in [2.05, 4.69) is 0 Å². The maximum absolute atomic E-state index is 11.8. The number of hydrogen-bond acceptors (Lipinski definition) is 6. The van der Waals surface area contributed by atoms with E-state index in [4.69, 9.17) is 23.7 Å². The van der Waals surface area contributed by atoms with Crippen LogP contribution in [0.3, 0.4) is 0 Å². The van der Waals surface area contributed by atoms with Crippen molar-refractivity contribution in [3.8, 4) is 17.2 Å². The molecule has 2 atom stereocenters. The Labute approximate surface area is 164 Å². The van der Waals surface area contributed by atoms with Crippen molar-refractivity contribution in [3.63, 3.8) is 0 Å². The van der Waals surface area contributed by atoms with Crippen molar-refractivity contribution in [2.75, 3.05) is 27.9 Å². The zero-order valence-electron chi connectivity index (χ0n) is 16.4. The molecular formula is C22H24O6. The Kier molecular flexibility index (Phi) is 6.21. The summed E-state index contributed by atoms with van der Waals surface area (Å²) in [5.74, 6) is 1.38. The van der Waals surface area contributed by atoms with Crippen LogP contribution >= 0.6 is 0 Å². The molecule has 0 unspecified atom stereocenters. The van der Waals surface area contributed by atoms with Crippen molar-refractivity contribution in [1.82, 2.24) is 0 Å². The Morgan fingerprint density at radius 1 is 0.893 bits per heavy atom. The molecule has 0 N–H and O–H groups in total. The minimum absolute atomic E-state index is 0.208. The molecule has 0 saturated heterocycles. The smallest absolute Gasteiger partial charge is 0.338 e. The van der Waals surface area contributed by atoms with Gasteiger partial charge >= 0.3 is 5.97 Å². The van der Waals surface area contributed by atoms with Crippen molar-refractivity contribution in [2.45, 2.75) is 19.1 Å². The van der Waals surface area contributed by atoms with Crippen molar-refractivity contribution < 1.29 is 28.5 Å². The molecule has 0 saturated carbocycles. The molecule has 1 aliphatic heterocycles. The Hall–Kier alpha value is -2.99. The summed E-state index contributed by atoms with van der Waals surface area (Å²) in [6, 6.07) is 11.0. The first kappa shape index (κ1) is 19.8. The van der Waals surface area contributed by atoms with E-state index in [9.17, 15) is 4.79 Å². The predicted molar refractivity (Wildman–Crippen MR) is 104 cm³/mol. The summed E-state index contributed by atoms with van der Waals surface area (Å²) >= 11 is 0. The van der Waals surface area contributed by atoms with Crippen LogP contribution in [0.2, 0.25) is 0 Å². The highest BCUT2D eigenvalue weighted by Gasteiger charge is 2.25. The number of rotatable bonds is 7. The van der Waals surface area contributed by atoms with E-state index >= 15 is 0 Å². The second-order valence-electron chi connectivity index (χ2n) is 6.16. The molecule has 0 fully saturated rings. The van der Waals surface area contributed by atoms with Gasteiger partial charge in [0.05, 0.1) is 33.5 Å². The molecule has 148 valence electrons. The van der Waals surface area contributed by atoms with E-state index in [0.29, 0.717) is 29.4 Å².